The van der Waals surface area contributed by atoms with Gasteiger partial charge in [0.2, 0.25) is 0 Å². The Morgan fingerprint density at radius 1 is 1.12 bits per heavy atom. The number of hydrogen-bond acceptors (Lipinski definition) is 3. The Kier molecular flexibility index (Phi) is 6.81. The highest BCUT2D eigenvalue weighted by molar-refractivity contribution is 7.11. The Morgan fingerprint density at radius 2 is 1.88 bits per heavy atom. The van der Waals surface area contributed by atoms with Crippen molar-refractivity contribution in [3.8, 4) is 0 Å². The minimum Gasteiger partial charge on any atom is -0.357 e. The summed E-state index contributed by atoms with van der Waals surface area (Å²) in [6, 6.07) is 11.8. The lowest BCUT2D eigenvalue weighted by atomic mass is 10.1. The van der Waals surface area contributed by atoms with Crippen LogP contribution in [0, 0.1) is 6.92 Å². The van der Waals surface area contributed by atoms with E-state index in [9.17, 15) is 4.79 Å². The van der Waals surface area contributed by atoms with Gasteiger partial charge in [0.15, 0.2) is 5.96 Å². The summed E-state index contributed by atoms with van der Waals surface area (Å²) < 4.78 is 0. The number of nitrogens with one attached hydrogen (secondary N) is 3. The van der Waals surface area contributed by atoms with E-state index in [2.05, 4.69) is 40.0 Å². The lowest BCUT2D eigenvalue weighted by Gasteiger charge is -2.10. The molecule has 6 heteroatoms. The van der Waals surface area contributed by atoms with Crippen LogP contribution in [0.2, 0.25) is 0 Å². The first-order valence-corrected chi connectivity index (χ1v) is 8.82. The van der Waals surface area contributed by atoms with Gasteiger partial charge in [-0.15, -0.1) is 11.3 Å². The van der Waals surface area contributed by atoms with Crippen molar-refractivity contribution in [2.75, 3.05) is 13.6 Å². The fourth-order valence-electron chi connectivity index (χ4n) is 2.17. The number of thiophene rings is 1. The standard InChI is InChI=1S/C18H24N4OS/c1-4-20-18(22-12-16-10-5-13(2)24-16)21-11-14-6-8-15(9-7-14)17(23)19-3/h5-10H,4,11-12H2,1-3H3,(H,19,23)(H2,20,21,22). The van der Waals surface area contributed by atoms with Gasteiger partial charge in [0.25, 0.3) is 5.91 Å². The van der Waals surface area contributed by atoms with E-state index in [1.54, 1.807) is 18.4 Å². The van der Waals surface area contributed by atoms with Gasteiger partial charge in [-0.1, -0.05) is 12.1 Å². The first-order valence-electron chi connectivity index (χ1n) is 8.01. The van der Waals surface area contributed by atoms with Gasteiger partial charge in [0.1, 0.15) is 0 Å². The van der Waals surface area contributed by atoms with E-state index in [0.29, 0.717) is 12.1 Å². The molecule has 0 atom stereocenters. The maximum absolute atomic E-state index is 11.5. The maximum atomic E-state index is 11.5. The van der Waals surface area contributed by atoms with Gasteiger partial charge in [0.05, 0.1) is 13.1 Å². The van der Waals surface area contributed by atoms with Gasteiger partial charge in [-0.2, -0.15) is 0 Å². The van der Waals surface area contributed by atoms with E-state index >= 15 is 0 Å². The van der Waals surface area contributed by atoms with E-state index < -0.39 is 0 Å². The molecule has 128 valence electrons. The number of amides is 1. The van der Waals surface area contributed by atoms with Crippen molar-refractivity contribution in [2.24, 2.45) is 4.99 Å². The predicted molar refractivity (Wildman–Crippen MR) is 101 cm³/mol. The average molecular weight is 344 g/mol. The highest BCUT2D eigenvalue weighted by Gasteiger charge is 2.03. The van der Waals surface area contributed by atoms with Gasteiger partial charge >= 0.3 is 0 Å². The number of carbonyl (C=O) groups is 1. The molecule has 0 unspecified atom stereocenters. The van der Waals surface area contributed by atoms with Crippen LogP contribution >= 0.6 is 11.3 Å². The normalized spacial score (nSPS) is 11.2. The number of carbonyl (C=O) groups excluding carboxylic acids is 1. The van der Waals surface area contributed by atoms with Crippen LogP contribution in [-0.2, 0) is 13.1 Å². The van der Waals surface area contributed by atoms with Crippen molar-refractivity contribution >= 4 is 23.2 Å². The quantitative estimate of drug-likeness (QED) is 0.557. The molecule has 0 aliphatic carbocycles. The third-order valence-corrected chi connectivity index (χ3v) is 4.43. The van der Waals surface area contributed by atoms with Gasteiger partial charge in [-0.05, 0) is 43.7 Å². The molecule has 1 aromatic heterocycles. The van der Waals surface area contributed by atoms with Crippen LogP contribution in [0.5, 0.6) is 0 Å². The molecule has 0 spiro atoms. The van der Waals surface area contributed by atoms with Gasteiger partial charge < -0.3 is 16.0 Å². The molecule has 1 amide bonds. The minimum atomic E-state index is -0.0775. The molecule has 0 bridgehead atoms. The van der Waals surface area contributed by atoms with Crippen LogP contribution in [0.15, 0.2) is 41.4 Å². The average Bonchev–Trinajstić information content (AvgIpc) is 3.02. The Hall–Kier alpha value is -2.34. The van der Waals surface area contributed by atoms with E-state index in [1.807, 2.05) is 31.2 Å². The Labute approximate surface area is 147 Å². The van der Waals surface area contributed by atoms with Crippen LogP contribution in [0.3, 0.4) is 0 Å². The maximum Gasteiger partial charge on any atom is 0.251 e. The monoisotopic (exact) mass is 344 g/mol. The van der Waals surface area contributed by atoms with Crippen molar-refractivity contribution in [3.63, 3.8) is 0 Å². The molecule has 5 nitrogen and oxygen atoms in total. The number of benzene rings is 1. The number of guanidine groups is 1. The molecule has 3 N–H and O–H groups in total. The van der Waals surface area contributed by atoms with Gasteiger partial charge in [-0.3, -0.25) is 4.79 Å². The molecule has 0 saturated heterocycles. The van der Waals surface area contributed by atoms with E-state index in [-0.39, 0.29) is 5.91 Å². The molecule has 0 aliphatic heterocycles. The summed E-state index contributed by atoms with van der Waals surface area (Å²) in [6.45, 7) is 6.29. The summed E-state index contributed by atoms with van der Waals surface area (Å²) >= 11 is 1.79. The zero-order valence-corrected chi connectivity index (χ0v) is 15.2. The van der Waals surface area contributed by atoms with Crippen LogP contribution < -0.4 is 16.0 Å². The van der Waals surface area contributed by atoms with Crippen LogP contribution in [0.25, 0.3) is 0 Å². The second-order valence-corrected chi connectivity index (χ2v) is 6.71. The number of nitrogens with zero attached hydrogens (tertiary/aromatic N) is 1. The smallest absolute Gasteiger partial charge is 0.251 e. The largest absolute Gasteiger partial charge is 0.357 e. The molecule has 24 heavy (non-hydrogen) atoms. The zero-order chi connectivity index (χ0) is 17.4. The first kappa shape index (κ1) is 18.0. The molecule has 0 saturated carbocycles. The van der Waals surface area contributed by atoms with Crippen molar-refractivity contribution < 1.29 is 4.79 Å². The lowest BCUT2D eigenvalue weighted by Crippen LogP contribution is -2.36. The Morgan fingerprint density at radius 3 is 2.46 bits per heavy atom. The second kappa shape index (κ2) is 9.08. The number of aliphatic imine (C=N–C) groups is 1. The zero-order valence-electron chi connectivity index (χ0n) is 14.3. The molecule has 2 aromatic rings. The summed E-state index contributed by atoms with van der Waals surface area (Å²) in [5.41, 5.74) is 1.72. The molecule has 2 rings (SSSR count). The first-order chi connectivity index (χ1) is 11.6. The SMILES string of the molecule is CCNC(=NCc1ccc(C(=O)NC)cc1)NCc1ccc(C)s1. The van der Waals surface area contributed by atoms with E-state index in [1.165, 1.54) is 9.75 Å². The molecule has 0 aliphatic rings. The summed E-state index contributed by atoms with van der Waals surface area (Å²) in [7, 11) is 1.63. The summed E-state index contributed by atoms with van der Waals surface area (Å²) in [5, 5.41) is 9.21. The summed E-state index contributed by atoms with van der Waals surface area (Å²) in [6.07, 6.45) is 0. The highest BCUT2D eigenvalue weighted by Crippen LogP contribution is 2.14. The second-order valence-electron chi connectivity index (χ2n) is 5.34. The van der Waals surface area contributed by atoms with Crippen LogP contribution in [0.4, 0.5) is 0 Å². The molecule has 0 fully saturated rings. The summed E-state index contributed by atoms with van der Waals surface area (Å²) in [4.78, 5) is 18.7. The number of rotatable bonds is 6. The fraction of sp³-hybridized carbons (Fsp3) is 0.333. The topological polar surface area (TPSA) is 65.5 Å². The third kappa shape index (κ3) is 5.38. The lowest BCUT2D eigenvalue weighted by molar-refractivity contribution is 0.0963. The van der Waals surface area contributed by atoms with Crippen LogP contribution in [0.1, 0.15) is 32.6 Å². The minimum absolute atomic E-state index is 0.0775. The summed E-state index contributed by atoms with van der Waals surface area (Å²) in [5.74, 6) is 0.713. The van der Waals surface area contributed by atoms with Crippen molar-refractivity contribution in [2.45, 2.75) is 26.9 Å². The molecule has 1 heterocycles. The molecular weight excluding hydrogens is 320 g/mol. The van der Waals surface area contributed by atoms with Crippen molar-refractivity contribution in [1.82, 2.24) is 16.0 Å². The predicted octanol–water partition coefficient (Wildman–Crippen LogP) is 2.67. The third-order valence-electron chi connectivity index (χ3n) is 3.43. The van der Waals surface area contributed by atoms with E-state index in [0.717, 1.165) is 24.6 Å². The fourth-order valence-corrected chi connectivity index (χ4v) is 3.00. The molecule has 1 aromatic carbocycles. The van der Waals surface area contributed by atoms with Gasteiger partial charge in [-0.25, -0.2) is 4.99 Å². The number of hydrogen-bond donors (Lipinski definition) is 3. The highest BCUT2D eigenvalue weighted by atomic mass is 32.1. The number of aryl methyl sites for hydroxylation is 1. The molecule has 0 radical (unpaired) electrons. The molecular formula is C18H24N4OS. The Bertz CT molecular complexity index is 691. The van der Waals surface area contributed by atoms with Crippen molar-refractivity contribution in [3.05, 3.63) is 57.3 Å². The van der Waals surface area contributed by atoms with Crippen molar-refractivity contribution in [1.29, 1.82) is 0 Å². The van der Waals surface area contributed by atoms with Crippen LogP contribution in [-0.4, -0.2) is 25.5 Å². The van der Waals surface area contributed by atoms with Gasteiger partial charge in [0, 0.05) is 28.9 Å². The van der Waals surface area contributed by atoms with E-state index in [4.69, 9.17) is 0 Å². The Balaban J connectivity index is 1.95.